The zero-order chi connectivity index (χ0) is 18.4. The van der Waals surface area contributed by atoms with Gasteiger partial charge in [0.25, 0.3) is 5.56 Å². The molecule has 0 unspecified atom stereocenters. The monoisotopic (exact) mass is 364 g/mol. The first-order chi connectivity index (χ1) is 13.2. The zero-order valence-corrected chi connectivity index (χ0v) is 14.8. The highest BCUT2D eigenvalue weighted by Gasteiger charge is 2.24. The Morgan fingerprint density at radius 2 is 1.89 bits per heavy atom. The van der Waals surface area contributed by atoms with Crippen molar-refractivity contribution < 1.29 is 9.47 Å². The van der Waals surface area contributed by atoms with Crippen molar-refractivity contribution in [3.8, 4) is 17.2 Å². The number of fused-ring (bicyclic) bond motifs is 2. The summed E-state index contributed by atoms with van der Waals surface area (Å²) in [7, 11) is 0. The molecule has 0 atom stereocenters. The maximum atomic E-state index is 13.0. The molecular formula is C20H20N4O3. The van der Waals surface area contributed by atoms with Gasteiger partial charge in [-0.05, 0) is 29.8 Å². The second-order valence-corrected chi connectivity index (χ2v) is 6.95. The second-order valence-electron chi connectivity index (χ2n) is 6.95. The van der Waals surface area contributed by atoms with E-state index in [0.29, 0.717) is 18.0 Å². The molecule has 0 spiro atoms. The minimum absolute atomic E-state index is 0.00845. The molecule has 3 N–H and O–H groups in total. The summed E-state index contributed by atoms with van der Waals surface area (Å²) < 4.78 is 12.4. The van der Waals surface area contributed by atoms with Crippen molar-refractivity contribution in [2.45, 2.75) is 19.5 Å². The highest BCUT2D eigenvalue weighted by atomic mass is 16.7. The fraction of sp³-hybridized carbons (Fsp3) is 0.250. The van der Waals surface area contributed by atoms with E-state index < -0.39 is 0 Å². The third-order valence-corrected chi connectivity index (χ3v) is 5.13. The number of ether oxygens (including phenoxy) is 2. The molecule has 3 aromatic rings. The number of rotatable bonds is 3. The van der Waals surface area contributed by atoms with Crippen LogP contribution < -0.4 is 20.8 Å². The SMILES string of the molecule is Nc1ccc(CN2CCc3[nH]n(-c4ccc5c(c4)OCO5)c(=O)c3C2)cc1. The summed E-state index contributed by atoms with van der Waals surface area (Å²) in [5.74, 6) is 1.37. The van der Waals surface area contributed by atoms with Crippen molar-refractivity contribution in [1.29, 1.82) is 0 Å². The Morgan fingerprint density at radius 3 is 2.74 bits per heavy atom. The van der Waals surface area contributed by atoms with Crippen LogP contribution in [-0.2, 0) is 19.5 Å². The van der Waals surface area contributed by atoms with Crippen LogP contribution in [0.25, 0.3) is 5.69 Å². The molecular weight excluding hydrogens is 344 g/mol. The van der Waals surface area contributed by atoms with E-state index in [1.165, 1.54) is 5.56 Å². The van der Waals surface area contributed by atoms with Gasteiger partial charge in [0.05, 0.1) is 11.3 Å². The molecule has 0 bridgehead atoms. The van der Waals surface area contributed by atoms with Gasteiger partial charge in [0.15, 0.2) is 11.5 Å². The Morgan fingerprint density at radius 1 is 1.07 bits per heavy atom. The third kappa shape index (κ3) is 2.86. The molecule has 0 amide bonds. The summed E-state index contributed by atoms with van der Waals surface area (Å²) in [5.41, 5.74) is 10.3. The van der Waals surface area contributed by atoms with Gasteiger partial charge in [0, 0.05) is 43.5 Å². The topological polar surface area (TPSA) is 85.5 Å². The number of nitrogens with one attached hydrogen (secondary N) is 1. The van der Waals surface area contributed by atoms with Crippen LogP contribution in [-0.4, -0.2) is 28.0 Å². The van der Waals surface area contributed by atoms with Crippen LogP contribution in [0.5, 0.6) is 11.5 Å². The highest BCUT2D eigenvalue weighted by Crippen LogP contribution is 2.33. The number of benzene rings is 2. The smallest absolute Gasteiger partial charge is 0.275 e. The molecule has 0 saturated heterocycles. The molecule has 1 aromatic heterocycles. The number of nitrogens with zero attached hydrogens (tertiary/aromatic N) is 2. The summed E-state index contributed by atoms with van der Waals surface area (Å²) in [6.45, 7) is 2.55. The van der Waals surface area contributed by atoms with Gasteiger partial charge in [-0.25, -0.2) is 4.68 Å². The molecule has 3 heterocycles. The largest absolute Gasteiger partial charge is 0.454 e. The Bertz CT molecular complexity index is 1050. The number of anilines is 1. The number of H-pyrrole nitrogens is 1. The lowest BCUT2D eigenvalue weighted by Crippen LogP contribution is -2.32. The molecule has 7 heteroatoms. The lowest BCUT2D eigenvalue weighted by Gasteiger charge is -2.25. The number of aromatic amines is 1. The van der Waals surface area contributed by atoms with E-state index in [1.807, 2.05) is 42.5 Å². The van der Waals surface area contributed by atoms with E-state index in [9.17, 15) is 4.79 Å². The Balaban J connectivity index is 1.41. The summed E-state index contributed by atoms with van der Waals surface area (Å²) in [5, 5.41) is 3.27. The van der Waals surface area contributed by atoms with Gasteiger partial charge in [0.2, 0.25) is 6.79 Å². The molecule has 2 aliphatic rings. The van der Waals surface area contributed by atoms with Crippen LogP contribution in [0, 0.1) is 0 Å². The van der Waals surface area contributed by atoms with Crippen LogP contribution in [0.15, 0.2) is 47.3 Å². The average molecular weight is 364 g/mol. The van der Waals surface area contributed by atoms with E-state index >= 15 is 0 Å². The van der Waals surface area contributed by atoms with Crippen molar-refractivity contribution in [1.82, 2.24) is 14.7 Å². The van der Waals surface area contributed by atoms with Gasteiger partial charge < -0.3 is 15.2 Å². The molecule has 5 rings (SSSR count). The summed E-state index contributed by atoms with van der Waals surface area (Å²) in [6.07, 6.45) is 0.817. The van der Waals surface area contributed by atoms with E-state index in [2.05, 4.69) is 10.00 Å². The van der Waals surface area contributed by atoms with Crippen molar-refractivity contribution in [3.05, 3.63) is 69.6 Å². The lowest BCUT2D eigenvalue weighted by atomic mass is 10.1. The molecule has 27 heavy (non-hydrogen) atoms. The van der Waals surface area contributed by atoms with Crippen LogP contribution in [0.2, 0.25) is 0 Å². The normalized spacial score (nSPS) is 15.7. The Hall–Kier alpha value is -3.19. The van der Waals surface area contributed by atoms with Crippen LogP contribution in [0.1, 0.15) is 16.8 Å². The first kappa shape index (κ1) is 16.0. The summed E-state index contributed by atoms with van der Waals surface area (Å²) >= 11 is 0. The molecule has 138 valence electrons. The predicted octanol–water partition coefficient (Wildman–Crippen LogP) is 2.03. The predicted molar refractivity (Wildman–Crippen MR) is 101 cm³/mol. The number of hydrogen-bond donors (Lipinski definition) is 2. The summed E-state index contributed by atoms with van der Waals surface area (Å²) in [4.78, 5) is 15.3. The van der Waals surface area contributed by atoms with Crippen molar-refractivity contribution in [2.75, 3.05) is 19.1 Å². The quantitative estimate of drug-likeness (QED) is 0.695. The Kier molecular flexibility index (Phi) is 3.68. The van der Waals surface area contributed by atoms with Crippen LogP contribution in [0.4, 0.5) is 5.69 Å². The minimum Gasteiger partial charge on any atom is -0.454 e. The van der Waals surface area contributed by atoms with Gasteiger partial charge in [-0.2, -0.15) is 0 Å². The van der Waals surface area contributed by atoms with Gasteiger partial charge in [0.1, 0.15) is 0 Å². The van der Waals surface area contributed by atoms with Crippen LogP contribution >= 0.6 is 0 Å². The van der Waals surface area contributed by atoms with E-state index in [1.54, 1.807) is 4.68 Å². The standard InChI is InChI=1S/C20H20N4O3/c21-14-3-1-13(2-4-14)10-23-8-7-17-16(11-23)20(25)24(22-17)15-5-6-18-19(9-15)27-12-26-18/h1-6,9,22H,7-8,10-12,21H2. The molecule has 2 aromatic carbocycles. The molecule has 0 aliphatic carbocycles. The second kappa shape index (κ2) is 6.21. The minimum atomic E-state index is -0.00845. The average Bonchev–Trinajstić information content (AvgIpc) is 3.28. The fourth-order valence-corrected chi connectivity index (χ4v) is 3.68. The van der Waals surface area contributed by atoms with Crippen LogP contribution in [0.3, 0.4) is 0 Å². The van der Waals surface area contributed by atoms with Crippen molar-refractivity contribution in [2.24, 2.45) is 0 Å². The van der Waals surface area contributed by atoms with Gasteiger partial charge >= 0.3 is 0 Å². The third-order valence-electron chi connectivity index (χ3n) is 5.13. The fourth-order valence-electron chi connectivity index (χ4n) is 3.68. The number of hydrogen-bond acceptors (Lipinski definition) is 5. The lowest BCUT2D eigenvalue weighted by molar-refractivity contribution is 0.174. The van der Waals surface area contributed by atoms with Gasteiger partial charge in [-0.1, -0.05) is 12.1 Å². The molecule has 0 fully saturated rings. The van der Waals surface area contributed by atoms with Gasteiger partial charge in [-0.3, -0.25) is 14.8 Å². The highest BCUT2D eigenvalue weighted by molar-refractivity contribution is 5.50. The Labute approximate surface area is 155 Å². The summed E-state index contributed by atoms with van der Waals surface area (Å²) in [6, 6.07) is 13.4. The van der Waals surface area contributed by atoms with E-state index in [0.717, 1.165) is 42.1 Å². The molecule has 7 nitrogen and oxygen atoms in total. The number of nitrogen functional groups attached to an aromatic ring is 1. The number of nitrogens with two attached hydrogens (primary N) is 1. The van der Waals surface area contributed by atoms with E-state index in [-0.39, 0.29) is 12.4 Å². The molecule has 0 saturated carbocycles. The zero-order valence-electron chi connectivity index (χ0n) is 14.8. The first-order valence-electron chi connectivity index (χ1n) is 8.97. The van der Waals surface area contributed by atoms with Gasteiger partial charge in [-0.15, -0.1) is 0 Å². The maximum absolute atomic E-state index is 13.0. The number of aromatic nitrogens is 2. The molecule has 2 aliphatic heterocycles. The maximum Gasteiger partial charge on any atom is 0.275 e. The van der Waals surface area contributed by atoms with Crippen molar-refractivity contribution >= 4 is 5.69 Å². The van der Waals surface area contributed by atoms with Crippen molar-refractivity contribution in [3.63, 3.8) is 0 Å². The molecule has 0 radical (unpaired) electrons. The first-order valence-corrected chi connectivity index (χ1v) is 8.97. The van der Waals surface area contributed by atoms with E-state index in [4.69, 9.17) is 15.2 Å².